The number of hydrogen-bond acceptors (Lipinski definition) is 2. The van der Waals surface area contributed by atoms with E-state index < -0.39 is 0 Å². The van der Waals surface area contributed by atoms with E-state index in [-0.39, 0.29) is 21.6 Å². The second kappa shape index (κ2) is 2.50. The van der Waals surface area contributed by atoms with Crippen molar-refractivity contribution in [3.05, 3.63) is 0 Å². The molecule has 2 nitrogen and oxygen atoms in total. The molecule has 0 aromatic heterocycles. The fourth-order valence-electron chi connectivity index (χ4n) is 2.57. The lowest BCUT2D eigenvalue weighted by Gasteiger charge is -2.37. The van der Waals surface area contributed by atoms with Gasteiger partial charge in [-0.25, -0.2) is 0 Å². The molecule has 2 aliphatic heterocycles. The van der Waals surface area contributed by atoms with Crippen molar-refractivity contribution in [2.75, 3.05) is 0 Å². The zero-order valence-electron chi connectivity index (χ0n) is 8.43. The van der Waals surface area contributed by atoms with Crippen LogP contribution in [0, 0.1) is 0 Å². The molecule has 3 atom stereocenters. The first-order chi connectivity index (χ1) is 5.79. The molecule has 0 aromatic carbocycles. The van der Waals surface area contributed by atoms with Gasteiger partial charge in [0.2, 0.25) is 0 Å². The summed E-state index contributed by atoms with van der Waals surface area (Å²) in [5.74, 6) is 0. The van der Waals surface area contributed by atoms with Crippen molar-refractivity contribution in [2.45, 2.75) is 61.7 Å². The highest BCUT2D eigenvalue weighted by molar-refractivity contribution is 9.10. The Morgan fingerprint density at radius 3 is 2.31 bits per heavy atom. The molecule has 2 rings (SSSR count). The summed E-state index contributed by atoms with van der Waals surface area (Å²) in [6.07, 6.45) is 2.50. The molecule has 2 saturated heterocycles. The number of aliphatic hydroxyl groups is 1. The highest BCUT2D eigenvalue weighted by atomic mass is 79.9. The molecule has 0 radical (unpaired) electrons. The Bertz CT molecular complexity index is 236. The lowest BCUT2D eigenvalue weighted by molar-refractivity contribution is -0.0724. The summed E-state index contributed by atoms with van der Waals surface area (Å²) in [7, 11) is 0. The summed E-state index contributed by atoms with van der Waals surface area (Å²) < 4.78 is 5.98. The topological polar surface area (TPSA) is 29.5 Å². The van der Waals surface area contributed by atoms with Crippen LogP contribution in [-0.2, 0) is 4.74 Å². The maximum atomic E-state index is 9.86. The Morgan fingerprint density at radius 1 is 1.46 bits per heavy atom. The van der Waals surface area contributed by atoms with Crippen LogP contribution in [0.2, 0.25) is 0 Å². The lowest BCUT2D eigenvalue weighted by atomic mass is 9.75. The molecule has 76 valence electrons. The van der Waals surface area contributed by atoms with Crippen LogP contribution in [0.25, 0.3) is 0 Å². The number of fused-ring (bicyclic) bond motifs is 2. The SMILES string of the molecule is CC(C)(Br)[C@@]12CC[C@@](C)(O1)[C@@H](O)C2. The number of rotatable bonds is 1. The Kier molecular flexibility index (Phi) is 1.91. The summed E-state index contributed by atoms with van der Waals surface area (Å²) in [5.41, 5.74) is -0.438. The molecular weight excluding hydrogens is 232 g/mol. The molecule has 13 heavy (non-hydrogen) atoms. The maximum Gasteiger partial charge on any atom is 0.0922 e. The summed E-state index contributed by atoms with van der Waals surface area (Å²) in [4.78, 5) is 0. The van der Waals surface area contributed by atoms with Crippen LogP contribution in [0.4, 0.5) is 0 Å². The first-order valence-corrected chi connectivity index (χ1v) is 5.66. The summed E-state index contributed by atoms with van der Waals surface area (Å²) in [6, 6.07) is 0. The average Bonchev–Trinajstić information content (AvgIpc) is 2.39. The molecule has 2 aliphatic rings. The van der Waals surface area contributed by atoms with E-state index in [2.05, 4.69) is 29.8 Å². The third-order valence-corrected chi connectivity index (χ3v) is 4.49. The zero-order valence-corrected chi connectivity index (χ0v) is 10.0. The summed E-state index contributed by atoms with van der Waals surface area (Å²) in [6.45, 7) is 6.26. The summed E-state index contributed by atoms with van der Waals surface area (Å²) in [5, 5.41) is 9.86. The van der Waals surface area contributed by atoms with Crippen molar-refractivity contribution in [1.29, 1.82) is 0 Å². The molecule has 0 aromatic rings. The first kappa shape index (κ1) is 9.94. The van der Waals surface area contributed by atoms with Gasteiger partial charge in [-0.2, -0.15) is 0 Å². The van der Waals surface area contributed by atoms with Crippen LogP contribution < -0.4 is 0 Å². The monoisotopic (exact) mass is 248 g/mol. The van der Waals surface area contributed by atoms with E-state index in [9.17, 15) is 5.11 Å². The highest BCUT2D eigenvalue weighted by Gasteiger charge is 2.63. The van der Waals surface area contributed by atoms with Crippen molar-refractivity contribution >= 4 is 15.9 Å². The number of aliphatic hydroxyl groups excluding tert-OH is 1. The van der Waals surface area contributed by atoms with Gasteiger partial charge in [-0.1, -0.05) is 15.9 Å². The number of halogens is 1. The third kappa shape index (κ3) is 1.20. The Balaban J connectivity index is 2.31. The van der Waals surface area contributed by atoms with Gasteiger partial charge in [-0.15, -0.1) is 0 Å². The number of hydrogen-bond donors (Lipinski definition) is 1. The Labute approximate surface area is 87.8 Å². The number of ether oxygens (including phenoxy) is 1. The van der Waals surface area contributed by atoms with Crippen LogP contribution in [0.5, 0.6) is 0 Å². The smallest absolute Gasteiger partial charge is 0.0922 e. The van der Waals surface area contributed by atoms with Gasteiger partial charge in [0.1, 0.15) is 0 Å². The second-order valence-corrected chi connectivity index (χ2v) is 7.08. The van der Waals surface area contributed by atoms with E-state index in [1.165, 1.54) is 0 Å². The highest BCUT2D eigenvalue weighted by Crippen LogP contribution is 2.57. The van der Waals surface area contributed by atoms with Gasteiger partial charge in [0.15, 0.2) is 0 Å². The van der Waals surface area contributed by atoms with Crippen molar-refractivity contribution in [3.8, 4) is 0 Å². The molecule has 0 amide bonds. The van der Waals surface area contributed by atoms with Gasteiger partial charge in [0, 0.05) is 10.7 Å². The summed E-state index contributed by atoms with van der Waals surface area (Å²) >= 11 is 3.66. The normalized spacial score (nSPS) is 50.1. The number of alkyl halides is 1. The minimum atomic E-state index is -0.293. The van der Waals surface area contributed by atoms with Gasteiger partial charge in [-0.05, 0) is 33.6 Å². The van der Waals surface area contributed by atoms with E-state index >= 15 is 0 Å². The van der Waals surface area contributed by atoms with Crippen LogP contribution in [0.3, 0.4) is 0 Å². The lowest BCUT2D eigenvalue weighted by Crippen LogP contribution is -2.44. The molecule has 0 saturated carbocycles. The fraction of sp³-hybridized carbons (Fsp3) is 1.00. The molecule has 2 bridgehead atoms. The average molecular weight is 249 g/mol. The molecular formula is C10H17BrO2. The van der Waals surface area contributed by atoms with Gasteiger partial charge < -0.3 is 9.84 Å². The molecule has 1 N–H and O–H groups in total. The third-order valence-electron chi connectivity index (χ3n) is 3.77. The van der Waals surface area contributed by atoms with Crippen LogP contribution in [-0.4, -0.2) is 26.7 Å². The van der Waals surface area contributed by atoms with Crippen LogP contribution in [0.15, 0.2) is 0 Å². The van der Waals surface area contributed by atoms with E-state index in [1.54, 1.807) is 0 Å². The van der Waals surface area contributed by atoms with Crippen LogP contribution in [0.1, 0.15) is 40.0 Å². The zero-order chi connectivity index (χ0) is 9.91. The predicted octanol–water partition coefficient (Wildman–Crippen LogP) is 2.23. The van der Waals surface area contributed by atoms with E-state index in [4.69, 9.17) is 4.74 Å². The van der Waals surface area contributed by atoms with Crippen LogP contribution >= 0.6 is 15.9 Å². The Morgan fingerprint density at radius 2 is 2.08 bits per heavy atom. The van der Waals surface area contributed by atoms with Gasteiger partial charge in [-0.3, -0.25) is 0 Å². The van der Waals surface area contributed by atoms with E-state index in [0.717, 1.165) is 19.3 Å². The molecule has 2 heterocycles. The second-order valence-electron chi connectivity index (χ2n) is 5.10. The molecule has 3 heteroatoms. The standard InChI is InChI=1S/C10H17BrO2/c1-8(2,11)10-5-4-9(3,13-10)7(12)6-10/h7,12H,4-6H2,1-3H3/t7-,9+,10-/m0/s1. The molecule has 0 aliphatic carbocycles. The molecule has 0 unspecified atom stereocenters. The first-order valence-electron chi connectivity index (χ1n) is 4.86. The molecule has 0 spiro atoms. The Hall–Kier alpha value is 0.400. The van der Waals surface area contributed by atoms with Gasteiger partial charge in [0.25, 0.3) is 0 Å². The van der Waals surface area contributed by atoms with E-state index in [1.807, 2.05) is 6.92 Å². The fourth-order valence-corrected chi connectivity index (χ4v) is 3.01. The predicted molar refractivity (Wildman–Crippen MR) is 55.1 cm³/mol. The van der Waals surface area contributed by atoms with Crippen molar-refractivity contribution in [1.82, 2.24) is 0 Å². The van der Waals surface area contributed by atoms with Crippen molar-refractivity contribution in [3.63, 3.8) is 0 Å². The minimum Gasteiger partial charge on any atom is -0.390 e. The van der Waals surface area contributed by atoms with E-state index in [0.29, 0.717) is 0 Å². The minimum absolute atomic E-state index is 0.0464. The molecule has 2 fully saturated rings. The quantitative estimate of drug-likeness (QED) is 0.722. The van der Waals surface area contributed by atoms with Gasteiger partial charge >= 0.3 is 0 Å². The maximum absolute atomic E-state index is 9.86. The van der Waals surface area contributed by atoms with Crippen molar-refractivity contribution < 1.29 is 9.84 Å². The van der Waals surface area contributed by atoms with Crippen molar-refractivity contribution in [2.24, 2.45) is 0 Å². The van der Waals surface area contributed by atoms with Gasteiger partial charge in [0.05, 0.1) is 17.3 Å². The largest absolute Gasteiger partial charge is 0.390 e.